The quantitative estimate of drug-likeness (QED) is 0.173. The van der Waals surface area contributed by atoms with E-state index in [-0.39, 0.29) is 23.1 Å². The minimum atomic E-state index is -3.71. The summed E-state index contributed by atoms with van der Waals surface area (Å²) in [6.45, 7) is 2.26. The number of nitrogens with one attached hydrogen (secondary N) is 2. The van der Waals surface area contributed by atoms with Crippen LogP contribution in [0.15, 0.2) is 82.9 Å². The van der Waals surface area contributed by atoms with Gasteiger partial charge in [-0.25, -0.2) is 13.1 Å². The number of sulfonamides is 1. The summed E-state index contributed by atoms with van der Waals surface area (Å²) >= 11 is 11.8. The van der Waals surface area contributed by atoms with Crippen molar-refractivity contribution in [1.82, 2.24) is 19.5 Å². The third-order valence-corrected chi connectivity index (χ3v) is 9.16. The minimum absolute atomic E-state index is 0.102. The molecule has 0 spiro atoms. The van der Waals surface area contributed by atoms with E-state index in [1.165, 1.54) is 22.5 Å². The molecule has 3 heterocycles. The molecule has 0 atom stereocenters. The van der Waals surface area contributed by atoms with Gasteiger partial charge in [0.05, 0.1) is 40.7 Å². The number of hydrogen-bond acceptors (Lipinski definition) is 8. The first-order valence-corrected chi connectivity index (χ1v) is 15.6. The van der Waals surface area contributed by atoms with Gasteiger partial charge in [-0.15, -0.1) is 0 Å². The molecule has 0 saturated carbocycles. The molecule has 1 fully saturated rings. The highest BCUT2D eigenvalue weighted by Gasteiger charge is 2.27. The van der Waals surface area contributed by atoms with Gasteiger partial charge in [0.2, 0.25) is 10.0 Å². The van der Waals surface area contributed by atoms with Gasteiger partial charge in [0.25, 0.3) is 0 Å². The van der Waals surface area contributed by atoms with Crippen LogP contribution in [0.5, 0.6) is 11.5 Å². The number of fused-ring (bicyclic) bond motifs is 1. The average Bonchev–Trinajstić information content (AvgIpc) is 3.47. The standard InChI is InChI=1S/C29H27ClN6O5S2/c30-24-8-7-23(43(37,38)35-10-12-39-13-11-35)17-25(24)32-29(42)33-31-18-21-19-36(22-4-2-1-3-5-22)34-28(21)20-6-9-26-27(16-20)41-15-14-40-26/h1-9,16-19H,10-15H2,(H2,32,33,42). The molecule has 2 aliphatic rings. The van der Waals surface area contributed by atoms with Crippen molar-refractivity contribution < 1.29 is 22.6 Å². The molecule has 0 radical (unpaired) electrons. The number of halogens is 1. The Kier molecular flexibility index (Phi) is 8.58. The fourth-order valence-electron chi connectivity index (χ4n) is 4.62. The first kappa shape index (κ1) is 29.1. The highest BCUT2D eigenvalue weighted by molar-refractivity contribution is 7.89. The van der Waals surface area contributed by atoms with Crippen molar-refractivity contribution in [3.63, 3.8) is 0 Å². The molecule has 0 aliphatic carbocycles. The number of morpholine rings is 1. The molecule has 2 N–H and O–H groups in total. The summed E-state index contributed by atoms with van der Waals surface area (Å²) in [6, 6.07) is 19.8. The second-order valence-corrected chi connectivity index (χ2v) is 12.3. The molecule has 11 nitrogen and oxygen atoms in total. The van der Waals surface area contributed by atoms with E-state index in [2.05, 4.69) is 15.8 Å². The van der Waals surface area contributed by atoms with E-state index >= 15 is 0 Å². The van der Waals surface area contributed by atoms with Gasteiger partial charge < -0.3 is 19.5 Å². The van der Waals surface area contributed by atoms with Crippen LogP contribution in [-0.4, -0.2) is 73.3 Å². The van der Waals surface area contributed by atoms with Crippen molar-refractivity contribution in [3.8, 4) is 28.4 Å². The Labute approximate surface area is 259 Å². The van der Waals surface area contributed by atoms with Gasteiger partial charge in [0.15, 0.2) is 16.6 Å². The van der Waals surface area contributed by atoms with Crippen LogP contribution in [0.25, 0.3) is 16.9 Å². The number of anilines is 1. The number of para-hydroxylation sites is 1. The first-order chi connectivity index (χ1) is 20.9. The normalized spacial score (nSPS) is 15.4. The van der Waals surface area contributed by atoms with Gasteiger partial charge in [-0.2, -0.15) is 14.5 Å². The molecular weight excluding hydrogens is 612 g/mol. The molecule has 1 saturated heterocycles. The van der Waals surface area contributed by atoms with E-state index in [4.69, 9.17) is 43.1 Å². The predicted octanol–water partition coefficient (Wildman–Crippen LogP) is 4.31. The van der Waals surface area contributed by atoms with E-state index in [0.717, 1.165) is 11.3 Å². The van der Waals surface area contributed by atoms with Gasteiger partial charge in [-0.05, 0) is 60.7 Å². The van der Waals surface area contributed by atoms with E-state index < -0.39 is 10.0 Å². The topological polar surface area (TPSA) is 119 Å². The molecule has 2 aliphatic heterocycles. The zero-order chi connectivity index (χ0) is 29.8. The van der Waals surface area contributed by atoms with Gasteiger partial charge in [-0.1, -0.05) is 29.8 Å². The highest BCUT2D eigenvalue weighted by atomic mass is 35.5. The Morgan fingerprint density at radius 2 is 1.74 bits per heavy atom. The molecule has 14 heteroatoms. The molecule has 43 heavy (non-hydrogen) atoms. The van der Waals surface area contributed by atoms with Crippen LogP contribution in [0, 0.1) is 0 Å². The predicted molar refractivity (Wildman–Crippen MR) is 168 cm³/mol. The number of thiocarbonyl (C=S) groups is 1. The summed E-state index contributed by atoms with van der Waals surface area (Å²) in [5, 5.41) is 12.5. The lowest BCUT2D eigenvalue weighted by atomic mass is 10.1. The van der Waals surface area contributed by atoms with Crippen molar-refractivity contribution in [3.05, 3.63) is 83.5 Å². The molecular formula is C29H27ClN6O5S2. The zero-order valence-corrected chi connectivity index (χ0v) is 25.2. The maximum absolute atomic E-state index is 13.1. The minimum Gasteiger partial charge on any atom is -0.486 e. The van der Waals surface area contributed by atoms with E-state index in [0.29, 0.717) is 59.9 Å². The van der Waals surface area contributed by atoms with Crippen LogP contribution >= 0.6 is 23.8 Å². The number of rotatable bonds is 7. The molecule has 6 rings (SSSR count). The summed E-state index contributed by atoms with van der Waals surface area (Å²) in [5.74, 6) is 1.34. The Bertz CT molecular complexity index is 1780. The lowest BCUT2D eigenvalue weighted by molar-refractivity contribution is 0.0730. The molecule has 222 valence electrons. The fourth-order valence-corrected chi connectivity index (χ4v) is 6.38. The Morgan fingerprint density at radius 3 is 2.53 bits per heavy atom. The summed E-state index contributed by atoms with van der Waals surface area (Å²) < 4.78 is 46.1. The monoisotopic (exact) mass is 638 g/mol. The molecule has 0 unspecified atom stereocenters. The summed E-state index contributed by atoms with van der Waals surface area (Å²) in [7, 11) is -3.71. The fraction of sp³-hybridized carbons (Fsp3) is 0.207. The van der Waals surface area contributed by atoms with Crippen molar-refractivity contribution in [2.24, 2.45) is 5.10 Å². The summed E-state index contributed by atoms with van der Waals surface area (Å²) in [5.41, 5.74) is 6.21. The van der Waals surface area contributed by atoms with Gasteiger partial charge in [-0.3, -0.25) is 5.43 Å². The average molecular weight is 639 g/mol. The van der Waals surface area contributed by atoms with Crippen LogP contribution in [0.1, 0.15) is 5.56 Å². The van der Waals surface area contributed by atoms with Crippen LogP contribution < -0.4 is 20.2 Å². The molecule has 1 aromatic heterocycles. The largest absolute Gasteiger partial charge is 0.486 e. The SMILES string of the molecule is O=S(=O)(c1ccc(Cl)c(NC(=S)NN=Cc2cn(-c3ccccc3)nc2-c2ccc3c(c2)OCCO3)c1)N1CCOCC1. The van der Waals surface area contributed by atoms with Gasteiger partial charge >= 0.3 is 0 Å². The van der Waals surface area contributed by atoms with Crippen molar-refractivity contribution in [2.45, 2.75) is 4.90 Å². The molecule has 4 aromatic rings. The molecule has 0 amide bonds. The van der Waals surface area contributed by atoms with Crippen molar-refractivity contribution in [1.29, 1.82) is 0 Å². The zero-order valence-electron chi connectivity index (χ0n) is 22.8. The highest BCUT2D eigenvalue weighted by Crippen LogP contribution is 2.35. The lowest BCUT2D eigenvalue weighted by Crippen LogP contribution is -2.40. The van der Waals surface area contributed by atoms with Crippen molar-refractivity contribution >= 4 is 50.9 Å². The van der Waals surface area contributed by atoms with E-state index in [1.54, 1.807) is 10.9 Å². The van der Waals surface area contributed by atoms with Gasteiger partial charge in [0.1, 0.15) is 18.9 Å². The third kappa shape index (κ3) is 6.50. The van der Waals surface area contributed by atoms with Crippen LogP contribution in [0.4, 0.5) is 5.69 Å². The number of aromatic nitrogens is 2. The molecule has 0 bridgehead atoms. The number of benzene rings is 3. The van der Waals surface area contributed by atoms with E-state index in [9.17, 15) is 8.42 Å². The maximum atomic E-state index is 13.1. The number of nitrogens with zero attached hydrogens (tertiary/aromatic N) is 4. The van der Waals surface area contributed by atoms with Crippen molar-refractivity contribution in [2.75, 3.05) is 44.8 Å². The lowest BCUT2D eigenvalue weighted by Gasteiger charge is -2.26. The number of ether oxygens (including phenoxy) is 3. The summed E-state index contributed by atoms with van der Waals surface area (Å²) in [4.78, 5) is 0.102. The maximum Gasteiger partial charge on any atom is 0.243 e. The third-order valence-electron chi connectivity index (χ3n) is 6.74. The Morgan fingerprint density at radius 1 is 0.977 bits per heavy atom. The van der Waals surface area contributed by atoms with Crippen LogP contribution in [0.3, 0.4) is 0 Å². The second-order valence-electron chi connectivity index (χ2n) is 9.55. The van der Waals surface area contributed by atoms with Crippen LogP contribution in [0.2, 0.25) is 5.02 Å². The Hall–Kier alpha value is -4.01. The van der Waals surface area contributed by atoms with Crippen LogP contribution in [-0.2, 0) is 14.8 Å². The second kappa shape index (κ2) is 12.7. The van der Waals surface area contributed by atoms with E-state index in [1.807, 2.05) is 54.7 Å². The van der Waals surface area contributed by atoms with Gasteiger partial charge in [0, 0.05) is 30.4 Å². The molecule has 3 aromatic carbocycles. The first-order valence-electron chi connectivity index (χ1n) is 13.4. The number of hydrazone groups is 1. The summed E-state index contributed by atoms with van der Waals surface area (Å²) in [6.07, 6.45) is 3.47. The number of hydrogen-bond donors (Lipinski definition) is 2. The smallest absolute Gasteiger partial charge is 0.243 e. The Balaban J connectivity index is 1.21.